The van der Waals surface area contributed by atoms with E-state index < -0.39 is 4.92 Å². The zero-order chi connectivity index (χ0) is 22.0. The molecule has 1 amide bonds. The van der Waals surface area contributed by atoms with Crippen LogP contribution in [0.2, 0.25) is 0 Å². The normalized spacial score (nSPS) is 11.3. The summed E-state index contributed by atoms with van der Waals surface area (Å²) in [4.78, 5) is 28.1. The highest BCUT2D eigenvalue weighted by Gasteiger charge is 2.21. The maximum Gasteiger partial charge on any atom is 0.292 e. The summed E-state index contributed by atoms with van der Waals surface area (Å²) in [5, 5.41) is 14.5. The second-order valence-electron chi connectivity index (χ2n) is 8.73. The molecule has 29 heavy (non-hydrogen) atoms. The zero-order valence-electron chi connectivity index (χ0n) is 18.9. The van der Waals surface area contributed by atoms with E-state index in [1.807, 2.05) is 19.0 Å². The maximum absolute atomic E-state index is 13.1. The number of hydrogen-bond acceptors (Lipinski definition) is 5. The van der Waals surface area contributed by atoms with Crippen LogP contribution < -0.4 is 5.32 Å². The van der Waals surface area contributed by atoms with Crippen molar-refractivity contribution in [3.63, 3.8) is 0 Å². The number of nitro benzene ring substituents is 1. The highest BCUT2D eigenvalue weighted by molar-refractivity contribution is 5.96. The average Bonchev–Trinajstić information content (AvgIpc) is 2.63. The van der Waals surface area contributed by atoms with Crippen LogP contribution in [0.1, 0.15) is 57.3 Å². The fourth-order valence-electron chi connectivity index (χ4n) is 2.91. The summed E-state index contributed by atoms with van der Waals surface area (Å²) in [6.45, 7) is 11.5. The van der Waals surface area contributed by atoms with Gasteiger partial charge in [-0.3, -0.25) is 14.9 Å². The minimum Gasteiger partial charge on any atom is -0.379 e. The molecule has 0 radical (unpaired) electrons. The Morgan fingerprint density at radius 3 is 2.14 bits per heavy atom. The SMILES string of the molecule is CC(C)CCN(CCC(C)C)C(=O)c1ccc([N+](=O)[O-])c(NCCCN(C)C)c1. The third kappa shape index (κ3) is 9.26. The van der Waals surface area contributed by atoms with Crippen LogP contribution in [0, 0.1) is 22.0 Å². The lowest BCUT2D eigenvalue weighted by atomic mass is 10.1. The lowest BCUT2D eigenvalue weighted by Crippen LogP contribution is -2.34. The molecule has 0 spiro atoms. The minimum atomic E-state index is -0.405. The molecule has 0 atom stereocenters. The number of nitrogens with one attached hydrogen (secondary N) is 1. The van der Waals surface area contributed by atoms with Crippen molar-refractivity contribution in [2.45, 2.75) is 47.0 Å². The zero-order valence-corrected chi connectivity index (χ0v) is 18.9. The summed E-state index contributed by atoms with van der Waals surface area (Å²) in [6.07, 6.45) is 2.73. The van der Waals surface area contributed by atoms with E-state index in [9.17, 15) is 14.9 Å². The van der Waals surface area contributed by atoms with E-state index in [2.05, 4.69) is 37.9 Å². The summed E-state index contributed by atoms with van der Waals surface area (Å²) in [6, 6.07) is 4.64. The number of nitrogens with zero attached hydrogens (tertiary/aromatic N) is 3. The predicted molar refractivity (Wildman–Crippen MR) is 120 cm³/mol. The van der Waals surface area contributed by atoms with E-state index in [-0.39, 0.29) is 11.6 Å². The van der Waals surface area contributed by atoms with Gasteiger partial charge in [0.1, 0.15) is 5.69 Å². The Hall–Kier alpha value is -2.15. The molecule has 1 N–H and O–H groups in total. The molecular formula is C22H38N4O3. The van der Waals surface area contributed by atoms with E-state index >= 15 is 0 Å². The average molecular weight is 407 g/mol. The van der Waals surface area contributed by atoms with Gasteiger partial charge in [-0.15, -0.1) is 0 Å². The molecule has 7 nitrogen and oxygen atoms in total. The van der Waals surface area contributed by atoms with Crippen LogP contribution >= 0.6 is 0 Å². The molecule has 0 saturated carbocycles. The van der Waals surface area contributed by atoms with Gasteiger partial charge in [-0.25, -0.2) is 0 Å². The van der Waals surface area contributed by atoms with E-state index in [1.165, 1.54) is 6.07 Å². The van der Waals surface area contributed by atoms with Crippen LogP contribution in [0.25, 0.3) is 0 Å². The minimum absolute atomic E-state index is 0.00214. The molecule has 164 valence electrons. The Bertz CT molecular complexity index is 647. The highest BCUT2D eigenvalue weighted by atomic mass is 16.6. The first-order chi connectivity index (χ1) is 13.6. The molecule has 1 rings (SSSR count). The van der Waals surface area contributed by atoms with E-state index in [0.29, 0.717) is 42.7 Å². The van der Waals surface area contributed by atoms with Crippen LogP contribution in [0.3, 0.4) is 0 Å². The molecule has 7 heteroatoms. The van der Waals surface area contributed by atoms with Gasteiger partial charge in [-0.1, -0.05) is 27.7 Å². The monoisotopic (exact) mass is 406 g/mol. The molecule has 0 fully saturated rings. The molecule has 0 aliphatic rings. The quantitative estimate of drug-likeness (QED) is 0.297. The highest BCUT2D eigenvalue weighted by Crippen LogP contribution is 2.26. The number of carbonyl (C=O) groups is 1. The van der Waals surface area contributed by atoms with Crippen molar-refractivity contribution in [2.24, 2.45) is 11.8 Å². The van der Waals surface area contributed by atoms with Gasteiger partial charge in [0.15, 0.2) is 0 Å². The van der Waals surface area contributed by atoms with Gasteiger partial charge in [0.05, 0.1) is 4.92 Å². The number of carbonyl (C=O) groups excluding carboxylic acids is 1. The van der Waals surface area contributed by atoms with E-state index in [4.69, 9.17) is 0 Å². The topological polar surface area (TPSA) is 78.7 Å². The molecule has 0 unspecified atom stereocenters. The van der Waals surface area contributed by atoms with Crippen molar-refractivity contribution in [1.29, 1.82) is 0 Å². The van der Waals surface area contributed by atoms with Crippen LogP contribution in [0.5, 0.6) is 0 Å². The van der Waals surface area contributed by atoms with E-state index in [0.717, 1.165) is 25.8 Å². The third-order valence-corrected chi connectivity index (χ3v) is 4.78. The summed E-state index contributed by atoms with van der Waals surface area (Å²) >= 11 is 0. The summed E-state index contributed by atoms with van der Waals surface area (Å²) < 4.78 is 0. The Labute approximate surface area is 175 Å². The first kappa shape index (κ1) is 24.9. The Morgan fingerprint density at radius 1 is 1.07 bits per heavy atom. The van der Waals surface area contributed by atoms with Crippen LogP contribution in [-0.2, 0) is 0 Å². The number of hydrogen-bond donors (Lipinski definition) is 1. The van der Waals surface area contributed by atoms with Crippen LogP contribution in [0.4, 0.5) is 11.4 Å². The van der Waals surface area contributed by atoms with Gasteiger partial charge in [-0.2, -0.15) is 0 Å². The van der Waals surface area contributed by atoms with Crippen LogP contribution in [-0.4, -0.2) is 60.9 Å². The Morgan fingerprint density at radius 2 is 1.66 bits per heavy atom. The van der Waals surface area contributed by atoms with Gasteiger partial charge >= 0.3 is 0 Å². The van der Waals surface area contributed by atoms with Gasteiger partial charge < -0.3 is 15.1 Å². The summed E-state index contributed by atoms with van der Waals surface area (Å²) in [5.41, 5.74) is 0.910. The molecular weight excluding hydrogens is 368 g/mol. The number of rotatable bonds is 13. The van der Waals surface area contributed by atoms with Crippen molar-refractivity contribution in [3.05, 3.63) is 33.9 Å². The van der Waals surface area contributed by atoms with Crippen molar-refractivity contribution in [2.75, 3.05) is 45.6 Å². The van der Waals surface area contributed by atoms with E-state index in [1.54, 1.807) is 12.1 Å². The molecule has 0 aliphatic heterocycles. The van der Waals surface area contributed by atoms with Crippen molar-refractivity contribution in [1.82, 2.24) is 9.80 Å². The van der Waals surface area contributed by atoms with Gasteiger partial charge in [0.25, 0.3) is 11.6 Å². The molecule has 0 aliphatic carbocycles. The molecule has 0 heterocycles. The summed E-state index contributed by atoms with van der Waals surface area (Å²) in [7, 11) is 3.98. The fourth-order valence-corrected chi connectivity index (χ4v) is 2.91. The first-order valence-corrected chi connectivity index (χ1v) is 10.6. The molecule has 1 aromatic rings. The largest absolute Gasteiger partial charge is 0.379 e. The predicted octanol–water partition coefficient (Wildman–Crippen LogP) is 4.49. The number of benzene rings is 1. The Kier molecular flexibility index (Phi) is 10.7. The molecule has 0 bridgehead atoms. The van der Waals surface area contributed by atoms with Gasteiger partial charge in [-0.05, 0) is 63.9 Å². The number of nitro groups is 1. The number of anilines is 1. The fraction of sp³-hybridized carbons (Fsp3) is 0.682. The first-order valence-electron chi connectivity index (χ1n) is 10.6. The van der Waals surface area contributed by atoms with Crippen LogP contribution in [0.15, 0.2) is 18.2 Å². The van der Waals surface area contributed by atoms with Gasteiger partial charge in [0.2, 0.25) is 0 Å². The van der Waals surface area contributed by atoms with Gasteiger partial charge in [0, 0.05) is 31.3 Å². The lowest BCUT2D eigenvalue weighted by Gasteiger charge is -2.25. The molecule has 0 aromatic heterocycles. The van der Waals surface area contributed by atoms with Crippen molar-refractivity contribution >= 4 is 17.3 Å². The standard InChI is InChI=1S/C22H38N4O3/c1-17(2)10-14-25(15-11-18(3)4)22(27)19-8-9-21(26(28)29)20(16-19)23-12-7-13-24(5)6/h8-9,16-18,23H,7,10-15H2,1-6H3. The molecule has 1 aromatic carbocycles. The second kappa shape index (κ2) is 12.4. The van der Waals surface area contributed by atoms with Crippen molar-refractivity contribution < 1.29 is 9.72 Å². The third-order valence-electron chi connectivity index (χ3n) is 4.78. The maximum atomic E-state index is 13.1. The lowest BCUT2D eigenvalue weighted by molar-refractivity contribution is -0.384. The smallest absolute Gasteiger partial charge is 0.292 e. The second-order valence-corrected chi connectivity index (χ2v) is 8.73. The molecule has 0 saturated heterocycles. The Balaban J connectivity index is 3.00. The van der Waals surface area contributed by atoms with Crippen molar-refractivity contribution in [3.8, 4) is 0 Å². The summed E-state index contributed by atoms with van der Waals surface area (Å²) in [5.74, 6) is 0.961. The number of amides is 1.